The van der Waals surface area contributed by atoms with Crippen LogP contribution in [0.1, 0.15) is 37.5 Å². The molecule has 0 amide bonds. The molecule has 1 aliphatic carbocycles. The Morgan fingerprint density at radius 1 is 1.11 bits per heavy atom. The second-order valence-corrected chi connectivity index (χ2v) is 4.89. The van der Waals surface area contributed by atoms with Crippen molar-refractivity contribution in [1.82, 2.24) is 10.2 Å². The molecule has 1 fully saturated rings. The maximum atomic E-state index is 9.97. The largest absolute Gasteiger partial charge is 0.407 e. The molecule has 100 valence electrons. The zero-order valence-electron chi connectivity index (χ0n) is 10.6. The first-order chi connectivity index (χ1) is 9.33. The van der Waals surface area contributed by atoms with Crippen molar-refractivity contribution in [3.05, 3.63) is 36.2 Å². The number of rotatable bonds is 3. The van der Waals surface area contributed by atoms with Crippen molar-refractivity contribution in [1.29, 1.82) is 0 Å². The van der Waals surface area contributed by atoms with Gasteiger partial charge in [0.15, 0.2) is 0 Å². The number of aliphatic hydroxyl groups excluding tert-OH is 1. The molecule has 1 aliphatic rings. The molecule has 0 aliphatic heterocycles. The van der Waals surface area contributed by atoms with Crippen molar-refractivity contribution in [3.63, 3.8) is 0 Å². The molecule has 0 radical (unpaired) electrons. The van der Waals surface area contributed by atoms with E-state index in [9.17, 15) is 5.11 Å². The molecule has 0 bridgehead atoms. The average molecular weight is 259 g/mol. The van der Waals surface area contributed by atoms with E-state index >= 15 is 0 Å². The van der Waals surface area contributed by atoms with Gasteiger partial charge in [-0.25, -0.2) is 0 Å². The number of nitrogens with zero attached hydrogens (tertiary/aromatic N) is 2. The third-order valence-corrected chi connectivity index (χ3v) is 3.51. The normalized spacial score (nSPS) is 23.2. The summed E-state index contributed by atoms with van der Waals surface area (Å²) in [6.45, 7) is 0. The quantitative estimate of drug-likeness (QED) is 0.886. The molecule has 5 heteroatoms. The number of aromatic nitrogens is 2. The fraction of sp³-hybridized carbons (Fsp3) is 0.429. The molecule has 1 heterocycles. The number of hydrogen-bond acceptors (Lipinski definition) is 5. The van der Waals surface area contributed by atoms with E-state index in [1.54, 1.807) is 0 Å². The standard InChI is InChI=1S/C14H17N3O2/c18-12-9-5-4-8-11(12)13-16-17-14(19-13)15-10-6-2-1-3-7-10/h1-3,6-7,11-12,18H,4-5,8-9H2,(H,15,17)/t11-,12+/m0/s1. The molecule has 0 unspecified atom stereocenters. The lowest BCUT2D eigenvalue weighted by Crippen LogP contribution is -2.22. The highest BCUT2D eigenvalue weighted by Crippen LogP contribution is 2.33. The Labute approximate surface area is 111 Å². The van der Waals surface area contributed by atoms with Crippen LogP contribution < -0.4 is 5.32 Å². The van der Waals surface area contributed by atoms with Gasteiger partial charge in [-0.2, -0.15) is 0 Å². The van der Waals surface area contributed by atoms with Gasteiger partial charge < -0.3 is 14.8 Å². The van der Waals surface area contributed by atoms with Gasteiger partial charge in [0.25, 0.3) is 0 Å². The number of nitrogens with one attached hydrogen (secondary N) is 1. The van der Waals surface area contributed by atoms with Gasteiger partial charge in [-0.3, -0.25) is 0 Å². The van der Waals surface area contributed by atoms with Crippen molar-refractivity contribution < 1.29 is 9.52 Å². The first kappa shape index (κ1) is 12.2. The van der Waals surface area contributed by atoms with Crippen LogP contribution in [0, 0.1) is 0 Å². The first-order valence-electron chi connectivity index (χ1n) is 6.66. The van der Waals surface area contributed by atoms with E-state index in [2.05, 4.69) is 15.5 Å². The van der Waals surface area contributed by atoms with E-state index in [4.69, 9.17) is 4.42 Å². The highest BCUT2D eigenvalue weighted by molar-refractivity contribution is 5.50. The van der Waals surface area contributed by atoms with E-state index in [1.165, 1.54) is 0 Å². The highest BCUT2D eigenvalue weighted by atomic mass is 16.4. The zero-order chi connectivity index (χ0) is 13.1. The van der Waals surface area contributed by atoms with Crippen LogP contribution in [-0.2, 0) is 0 Å². The highest BCUT2D eigenvalue weighted by Gasteiger charge is 2.29. The van der Waals surface area contributed by atoms with Gasteiger partial charge in [-0.15, -0.1) is 5.10 Å². The van der Waals surface area contributed by atoms with Crippen molar-refractivity contribution in [3.8, 4) is 0 Å². The second kappa shape index (κ2) is 5.40. The van der Waals surface area contributed by atoms with Crippen LogP contribution in [0.2, 0.25) is 0 Å². The number of anilines is 2. The van der Waals surface area contributed by atoms with Crippen LogP contribution in [0.25, 0.3) is 0 Å². The predicted octanol–water partition coefficient (Wildman–Crippen LogP) is 2.83. The summed E-state index contributed by atoms with van der Waals surface area (Å²) in [4.78, 5) is 0. The third-order valence-electron chi connectivity index (χ3n) is 3.51. The monoisotopic (exact) mass is 259 g/mol. The van der Waals surface area contributed by atoms with Crippen LogP contribution >= 0.6 is 0 Å². The lowest BCUT2D eigenvalue weighted by Gasteiger charge is -2.24. The van der Waals surface area contributed by atoms with Gasteiger partial charge in [0.05, 0.1) is 12.0 Å². The minimum absolute atomic E-state index is 0.0208. The number of para-hydroxylation sites is 1. The van der Waals surface area contributed by atoms with Gasteiger partial charge in [-0.1, -0.05) is 36.1 Å². The second-order valence-electron chi connectivity index (χ2n) is 4.89. The van der Waals surface area contributed by atoms with Gasteiger partial charge in [0.1, 0.15) is 0 Å². The Balaban J connectivity index is 1.72. The van der Waals surface area contributed by atoms with Crippen molar-refractivity contribution in [2.24, 2.45) is 0 Å². The summed E-state index contributed by atoms with van der Waals surface area (Å²) >= 11 is 0. The number of hydrogen-bond donors (Lipinski definition) is 2. The molecule has 0 saturated heterocycles. The molecule has 2 aromatic rings. The van der Waals surface area contributed by atoms with E-state index in [0.29, 0.717) is 11.9 Å². The Morgan fingerprint density at radius 3 is 2.68 bits per heavy atom. The molecule has 2 atom stereocenters. The van der Waals surface area contributed by atoms with Crippen LogP contribution in [0.3, 0.4) is 0 Å². The number of aliphatic hydroxyl groups is 1. The summed E-state index contributed by atoms with van der Waals surface area (Å²) in [7, 11) is 0. The SMILES string of the molecule is O[C@@H]1CCCC[C@@H]1c1nnc(Nc2ccccc2)o1. The van der Waals surface area contributed by atoms with Gasteiger partial charge in [0.2, 0.25) is 5.89 Å². The van der Waals surface area contributed by atoms with Gasteiger partial charge in [-0.05, 0) is 25.0 Å². The fourth-order valence-electron chi connectivity index (χ4n) is 2.48. The lowest BCUT2D eigenvalue weighted by atomic mass is 9.86. The van der Waals surface area contributed by atoms with E-state index in [1.807, 2.05) is 30.3 Å². The maximum absolute atomic E-state index is 9.97. The molecule has 0 spiro atoms. The van der Waals surface area contributed by atoms with Crippen LogP contribution in [0.15, 0.2) is 34.7 Å². The Kier molecular flexibility index (Phi) is 3.46. The molecular weight excluding hydrogens is 242 g/mol. The molecule has 1 aromatic heterocycles. The summed E-state index contributed by atoms with van der Waals surface area (Å²) in [5.74, 6) is 0.512. The molecule has 1 aromatic carbocycles. The van der Waals surface area contributed by atoms with Crippen LogP contribution in [-0.4, -0.2) is 21.4 Å². The predicted molar refractivity (Wildman–Crippen MR) is 71.2 cm³/mol. The summed E-state index contributed by atoms with van der Waals surface area (Å²) in [5.41, 5.74) is 0.905. The lowest BCUT2D eigenvalue weighted by molar-refractivity contribution is 0.0944. The molecule has 1 saturated carbocycles. The van der Waals surface area contributed by atoms with Gasteiger partial charge >= 0.3 is 6.01 Å². The summed E-state index contributed by atoms with van der Waals surface area (Å²) < 4.78 is 5.60. The first-order valence-corrected chi connectivity index (χ1v) is 6.66. The fourth-order valence-corrected chi connectivity index (χ4v) is 2.48. The molecule has 19 heavy (non-hydrogen) atoms. The Hall–Kier alpha value is -1.88. The Morgan fingerprint density at radius 2 is 1.89 bits per heavy atom. The van der Waals surface area contributed by atoms with Crippen molar-refractivity contribution in [2.45, 2.75) is 37.7 Å². The average Bonchev–Trinajstić information content (AvgIpc) is 2.89. The zero-order valence-corrected chi connectivity index (χ0v) is 10.6. The van der Waals surface area contributed by atoms with E-state index in [-0.39, 0.29) is 12.0 Å². The molecular formula is C14H17N3O2. The van der Waals surface area contributed by atoms with Crippen molar-refractivity contribution in [2.75, 3.05) is 5.32 Å². The van der Waals surface area contributed by atoms with E-state index in [0.717, 1.165) is 31.4 Å². The Bertz CT molecular complexity index is 526. The summed E-state index contributed by atoms with van der Waals surface area (Å²) in [6.07, 6.45) is 3.54. The minimum atomic E-state index is -0.362. The van der Waals surface area contributed by atoms with E-state index < -0.39 is 0 Å². The van der Waals surface area contributed by atoms with Crippen LogP contribution in [0.4, 0.5) is 11.7 Å². The maximum Gasteiger partial charge on any atom is 0.320 e. The smallest absolute Gasteiger partial charge is 0.320 e. The van der Waals surface area contributed by atoms with Crippen molar-refractivity contribution >= 4 is 11.7 Å². The number of benzene rings is 1. The molecule has 3 rings (SSSR count). The minimum Gasteiger partial charge on any atom is -0.407 e. The molecule has 2 N–H and O–H groups in total. The summed E-state index contributed by atoms with van der Waals surface area (Å²) in [5, 5.41) is 21.1. The van der Waals surface area contributed by atoms with Gasteiger partial charge in [0, 0.05) is 5.69 Å². The third kappa shape index (κ3) is 2.76. The topological polar surface area (TPSA) is 71.2 Å². The summed E-state index contributed by atoms with van der Waals surface area (Å²) in [6, 6.07) is 10.1. The molecule has 5 nitrogen and oxygen atoms in total. The van der Waals surface area contributed by atoms with Crippen LogP contribution in [0.5, 0.6) is 0 Å².